The van der Waals surface area contributed by atoms with Crippen molar-refractivity contribution in [3.63, 3.8) is 0 Å². The molecule has 0 N–H and O–H groups in total. The standard InChI is InChI=1S/C7H13N.C3H8/c1-4-8-5-2-7(1)3-6-8;1-3-2/h7H,1-6H2;3H2,1-2H3. The number of nitrogens with zero attached hydrogens (tertiary/aromatic N) is 1. The van der Waals surface area contributed by atoms with Gasteiger partial charge in [-0.05, 0) is 44.8 Å². The summed E-state index contributed by atoms with van der Waals surface area (Å²) >= 11 is 0. The normalized spacial score (nSPS) is 34.4. The van der Waals surface area contributed by atoms with Crippen molar-refractivity contribution in [1.29, 1.82) is 0 Å². The van der Waals surface area contributed by atoms with Crippen LogP contribution < -0.4 is 0 Å². The zero-order chi connectivity index (χ0) is 8.10. The topological polar surface area (TPSA) is 3.24 Å². The van der Waals surface area contributed by atoms with E-state index in [1.54, 1.807) is 0 Å². The third-order valence-corrected chi connectivity index (χ3v) is 2.56. The summed E-state index contributed by atoms with van der Waals surface area (Å²) in [7, 11) is 0. The summed E-state index contributed by atoms with van der Waals surface area (Å²) in [6.07, 6.45) is 5.71. The van der Waals surface area contributed by atoms with E-state index in [1.165, 1.54) is 45.3 Å². The maximum Gasteiger partial charge on any atom is -0.00161 e. The van der Waals surface area contributed by atoms with Gasteiger partial charge in [0.15, 0.2) is 0 Å². The summed E-state index contributed by atoms with van der Waals surface area (Å²) in [5.74, 6) is 1.11. The fraction of sp³-hybridized carbons (Fsp3) is 1.00. The van der Waals surface area contributed by atoms with Crippen LogP contribution in [0.5, 0.6) is 0 Å². The zero-order valence-corrected chi connectivity index (χ0v) is 7.97. The second kappa shape index (κ2) is 4.76. The molecule has 0 aliphatic carbocycles. The molecule has 0 aromatic rings. The van der Waals surface area contributed by atoms with Crippen LogP contribution in [0, 0.1) is 5.92 Å². The molecular formula is C10H21N. The number of rotatable bonds is 0. The number of hydrogen-bond acceptors (Lipinski definition) is 1. The third kappa shape index (κ3) is 2.82. The average Bonchev–Trinajstić information content (AvgIpc) is 2.09. The van der Waals surface area contributed by atoms with Gasteiger partial charge in [-0.3, -0.25) is 0 Å². The highest BCUT2D eigenvalue weighted by Gasteiger charge is 2.24. The van der Waals surface area contributed by atoms with E-state index in [2.05, 4.69) is 18.7 Å². The van der Waals surface area contributed by atoms with Crippen LogP contribution in [0.2, 0.25) is 0 Å². The van der Waals surface area contributed by atoms with E-state index in [1.807, 2.05) is 0 Å². The van der Waals surface area contributed by atoms with Gasteiger partial charge in [0, 0.05) is 0 Å². The van der Waals surface area contributed by atoms with Crippen LogP contribution >= 0.6 is 0 Å². The molecule has 0 aromatic heterocycles. The molecule has 0 saturated carbocycles. The molecule has 2 bridgehead atoms. The largest absolute Gasteiger partial charge is 0.303 e. The highest BCUT2D eigenvalue weighted by atomic mass is 15.1. The molecule has 3 aliphatic rings. The monoisotopic (exact) mass is 155 g/mol. The SMILES string of the molecule is C1CN2CCC1CC2.CCC. The van der Waals surface area contributed by atoms with Crippen LogP contribution in [-0.2, 0) is 0 Å². The molecule has 0 atom stereocenters. The third-order valence-electron chi connectivity index (χ3n) is 2.56. The first-order valence-electron chi connectivity index (χ1n) is 5.09. The van der Waals surface area contributed by atoms with Crippen LogP contribution in [0.4, 0.5) is 0 Å². The molecule has 0 unspecified atom stereocenters. The first-order chi connectivity index (χ1) is 5.36. The van der Waals surface area contributed by atoms with E-state index in [4.69, 9.17) is 0 Å². The number of fused-ring (bicyclic) bond motifs is 3. The Kier molecular flexibility index (Phi) is 3.92. The van der Waals surface area contributed by atoms with Crippen molar-refractivity contribution in [3.8, 4) is 0 Å². The van der Waals surface area contributed by atoms with Crippen LogP contribution in [0.3, 0.4) is 0 Å². The van der Waals surface area contributed by atoms with Crippen LogP contribution in [0.25, 0.3) is 0 Å². The molecule has 0 spiro atoms. The summed E-state index contributed by atoms with van der Waals surface area (Å²) in [6.45, 7) is 8.43. The Hall–Kier alpha value is -0.0400. The first kappa shape index (κ1) is 9.05. The lowest BCUT2D eigenvalue weighted by atomic mass is 9.89. The summed E-state index contributed by atoms with van der Waals surface area (Å²) in [6, 6.07) is 0. The van der Waals surface area contributed by atoms with Crippen LogP contribution in [-0.4, -0.2) is 24.5 Å². The fourth-order valence-electron chi connectivity index (χ4n) is 1.86. The van der Waals surface area contributed by atoms with Crippen LogP contribution in [0.1, 0.15) is 39.5 Å². The first-order valence-corrected chi connectivity index (χ1v) is 5.09. The Morgan fingerprint density at radius 1 is 1.00 bits per heavy atom. The Bertz CT molecular complexity index is 70.0. The van der Waals surface area contributed by atoms with Crippen molar-refractivity contribution >= 4 is 0 Å². The van der Waals surface area contributed by atoms with E-state index in [-0.39, 0.29) is 0 Å². The lowest BCUT2D eigenvalue weighted by molar-refractivity contribution is 0.111. The van der Waals surface area contributed by atoms with Gasteiger partial charge in [0.1, 0.15) is 0 Å². The van der Waals surface area contributed by atoms with Gasteiger partial charge in [0.25, 0.3) is 0 Å². The van der Waals surface area contributed by atoms with Gasteiger partial charge in [0.05, 0.1) is 0 Å². The van der Waals surface area contributed by atoms with Crippen molar-refractivity contribution in [2.75, 3.05) is 19.6 Å². The summed E-state index contributed by atoms with van der Waals surface area (Å²) in [5, 5.41) is 0. The van der Waals surface area contributed by atoms with E-state index in [9.17, 15) is 0 Å². The minimum Gasteiger partial charge on any atom is -0.303 e. The second-order valence-electron chi connectivity index (χ2n) is 3.78. The molecule has 11 heavy (non-hydrogen) atoms. The maximum atomic E-state index is 2.58. The Morgan fingerprint density at radius 3 is 1.45 bits per heavy atom. The predicted molar refractivity (Wildman–Crippen MR) is 49.7 cm³/mol. The molecule has 3 saturated heterocycles. The molecule has 3 heterocycles. The van der Waals surface area contributed by atoms with Crippen molar-refractivity contribution in [2.24, 2.45) is 5.92 Å². The van der Waals surface area contributed by atoms with E-state index in [0.717, 1.165) is 5.92 Å². The second-order valence-corrected chi connectivity index (χ2v) is 3.78. The lowest BCUT2D eigenvalue weighted by Crippen LogP contribution is -2.41. The Morgan fingerprint density at radius 2 is 1.36 bits per heavy atom. The molecule has 1 nitrogen and oxygen atoms in total. The van der Waals surface area contributed by atoms with Crippen molar-refractivity contribution < 1.29 is 0 Å². The zero-order valence-electron chi connectivity index (χ0n) is 7.97. The predicted octanol–water partition coefficient (Wildman–Crippen LogP) is 2.52. The molecule has 3 rings (SSSR count). The van der Waals surface area contributed by atoms with E-state index < -0.39 is 0 Å². The van der Waals surface area contributed by atoms with Gasteiger partial charge in [-0.1, -0.05) is 20.3 Å². The summed E-state index contributed by atoms with van der Waals surface area (Å²) < 4.78 is 0. The van der Waals surface area contributed by atoms with Crippen molar-refractivity contribution in [3.05, 3.63) is 0 Å². The minimum atomic E-state index is 1.11. The van der Waals surface area contributed by atoms with Gasteiger partial charge < -0.3 is 4.90 Å². The highest BCUT2D eigenvalue weighted by molar-refractivity contribution is 4.78. The summed E-state index contributed by atoms with van der Waals surface area (Å²) in [4.78, 5) is 2.58. The van der Waals surface area contributed by atoms with Gasteiger partial charge in [0.2, 0.25) is 0 Å². The van der Waals surface area contributed by atoms with Gasteiger partial charge >= 0.3 is 0 Å². The van der Waals surface area contributed by atoms with Gasteiger partial charge in [-0.25, -0.2) is 0 Å². The van der Waals surface area contributed by atoms with Gasteiger partial charge in [-0.2, -0.15) is 0 Å². The van der Waals surface area contributed by atoms with E-state index in [0.29, 0.717) is 0 Å². The number of hydrogen-bond donors (Lipinski definition) is 0. The maximum absolute atomic E-state index is 2.58. The lowest BCUT2D eigenvalue weighted by Gasteiger charge is -2.38. The molecule has 66 valence electrons. The molecule has 3 fully saturated rings. The highest BCUT2D eigenvalue weighted by Crippen LogP contribution is 2.26. The van der Waals surface area contributed by atoms with Crippen LogP contribution in [0.15, 0.2) is 0 Å². The van der Waals surface area contributed by atoms with E-state index >= 15 is 0 Å². The fourth-order valence-corrected chi connectivity index (χ4v) is 1.86. The molecule has 0 amide bonds. The Labute approximate surface area is 70.8 Å². The van der Waals surface area contributed by atoms with Crippen molar-refractivity contribution in [2.45, 2.75) is 39.5 Å². The molecule has 0 aromatic carbocycles. The minimum absolute atomic E-state index is 1.11. The average molecular weight is 155 g/mol. The Balaban J connectivity index is 0.000000179. The van der Waals surface area contributed by atoms with Gasteiger partial charge in [-0.15, -0.1) is 0 Å². The van der Waals surface area contributed by atoms with Crippen molar-refractivity contribution in [1.82, 2.24) is 4.90 Å². The number of piperidine rings is 3. The molecular weight excluding hydrogens is 134 g/mol. The quantitative estimate of drug-likeness (QED) is 0.519. The smallest absolute Gasteiger partial charge is 0.00161 e. The molecule has 1 heteroatoms. The summed E-state index contributed by atoms with van der Waals surface area (Å²) in [5.41, 5.74) is 0. The molecule has 0 radical (unpaired) electrons. The molecule has 3 aliphatic heterocycles.